The van der Waals surface area contributed by atoms with E-state index in [1.807, 2.05) is 12.1 Å². The van der Waals surface area contributed by atoms with Crippen LogP contribution in [0.2, 0.25) is 0 Å². The van der Waals surface area contributed by atoms with Crippen molar-refractivity contribution in [3.8, 4) is 5.88 Å². The summed E-state index contributed by atoms with van der Waals surface area (Å²) in [5.74, 6) is 1.45. The number of aromatic nitrogens is 3. The summed E-state index contributed by atoms with van der Waals surface area (Å²) in [6.07, 6.45) is 6.34. The Labute approximate surface area is 146 Å². The fourth-order valence-electron chi connectivity index (χ4n) is 3.34. The van der Waals surface area contributed by atoms with Gasteiger partial charge in [0.25, 0.3) is 5.91 Å². The zero-order valence-electron chi connectivity index (χ0n) is 14.0. The Morgan fingerprint density at radius 1 is 1.12 bits per heavy atom. The van der Waals surface area contributed by atoms with E-state index in [1.165, 1.54) is 12.8 Å². The molecule has 1 atom stereocenters. The monoisotopic (exact) mass is 339 g/mol. The number of amides is 1. The molecular weight excluding hydrogens is 318 g/mol. The number of rotatable bonds is 4. The topological polar surface area (TPSA) is 71.5 Å². The maximum atomic E-state index is 12.4. The number of likely N-dealkylation sites (tertiary alicyclic amines) is 1. The average Bonchev–Trinajstić information content (AvgIpc) is 3.34. The zero-order valence-corrected chi connectivity index (χ0v) is 14.0. The quantitative estimate of drug-likeness (QED) is 0.845. The number of ether oxygens (including phenoxy) is 1. The highest BCUT2D eigenvalue weighted by Crippen LogP contribution is 2.23. The molecule has 130 valence electrons. The van der Waals surface area contributed by atoms with E-state index in [0.29, 0.717) is 24.7 Å². The van der Waals surface area contributed by atoms with E-state index in [9.17, 15) is 4.79 Å². The number of hydrogen-bond donors (Lipinski definition) is 0. The van der Waals surface area contributed by atoms with Gasteiger partial charge in [0.15, 0.2) is 0 Å². The van der Waals surface area contributed by atoms with Gasteiger partial charge in [0.05, 0.1) is 6.54 Å². The van der Waals surface area contributed by atoms with E-state index in [-0.39, 0.29) is 12.0 Å². The van der Waals surface area contributed by atoms with Crippen LogP contribution in [0.25, 0.3) is 0 Å². The van der Waals surface area contributed by atoms with Gasteiger partial charge in [0.2, 0.25) is 5.88 Å². The minimum absolute atomic E-state index is 0.0472. The summed E-state index contributed by atoms with van der Waals surface area (Å²) in [6.45, 7) is 3.29. The second-order valence-corrected chi connectivity index (χ2v) is 6.40. The highest BCUT2D eigenvalue weighted by molar-refractivity contribution is 5.92. The van der Waals surface area contributed by atoms with Gasteiger partial charge in [-0.25, -0.2) is 9.97 Å². The first-order valence-electron chi connectivity index (χ1n) is 8.73. The molecule has 7 nitrogen and oxygen atoms in total. The third-order valence-electron chi connectivity index (χ3n) is 4.66. The van der Waals surface area contributed by atoms with Gasteiger partial charge >= 0.3 is 0 Å². The summed E-state index contributed by atoms with van der Waals surface area (Å²) >= 11 is 0. The normalized spacial score (nSPS) is 20.1. The number of carbonyl (C=O) groups excluding carboxylic acids is 1. The van der Waals surface area contributed by atoms with Gasteiger partial charge in [-0.15, -0.1) is 0 Å². The van der Waals surface area contributed by atoms with Crippen molar-refractivity contribution in [1.29, 1.82) is 0 Å². The molecule has 0 spiro atoms. The van der Waals surface area contributed by atoms with E-state index in [2.05, 4.69) is 19.9 Å². The van der Waals surface area contributed by atoms with Crippen LogP contribution in [0.5, 0.6) is 5.88 Å². The fraction of sp³-hybridized carbons (Fsp3) is 0.444. The standard InChI is InChI=1S/C18H21N5O2/c24-18(15-5-1-2-7-19-15)23-10-6-14(12-23)25-17-11-16(20-13-21-17)22-8-3-4-9-22/h1-2,5,7,11,13-14H,3-4,6,8-10,12H2/t14-/m0/s1. The van der Waals surface area contributed by atoms with Gasteiger partial charge < -0.3 is 14.5 Å². The first-order chi connectivity index (χ1) is 12.3. The summed E-state index contributed by atoms with van der Waals surface area (Å²) in [5.41, 5.74) is 0.474. The van der Waals surface area contributed by atoms with Crippen molar-refractivity contribution in [2.75, 3.05) is 31.1 Å². The summed E-state index contributed by atoms with van der Waals surface area (Å²) < 4.78 is 6.00. The van der Waals surface area contributed by atoms with E-state index < -0.39 is 0 Å². The van der Waals surface area contributed by atoms with Crippen LogP contribution in [-0.2, 0) is 0 Å². The Hall–Kier alpha value is -2.70. The third kappa shape index (κ3) is 3.55. The van der Waals surface area contributed by atoms with Gasteiger partial charge in [-0.3, -0.25) is 9.78 Å². The van der Waals surface area contributed by atoms with Crippen LogP contribution in [0.3, 0.4) is 0 Å². The molecule has 2 aromatic heterocycles. The lowest BCUT2D eigenvalue weighted by molar-refractivity contribution is 0.0765. The van der Waals surface area contributed by atoms with Crippen LogP contribution >= 0.6 is 0 Å². The highest BCUT2D eigenvalue weighted by atomic mass is 16.5. The SMILES string of the molecule is O=C(c1ccccn1)N1CC[C@H](Oc2cc(N3CCCC3)ncn2)C1. The van der Waals surface area contributed by atoms with E-state index in [1.54, 1.807) is 29.6 Å². The molecule has 0 aliphatic carbocycles. The zero-order chi connectivity index (χ0) is 17.1. The molecule has 2 aromatic rings. The first kappa shape index (κ1) is 15.8. The van der Waals surface area contributed by atoms with E-state index in [4.69, 9.17) is 4.74 Å². The number of carbonyl (C=O) groups is 1. The van der Waals surface area contributed by atoms with Crippen molar-refractivity contribution < 1.29 is 9.53 Å². The highest BCUT2D eigenvalue weighted by Gasteiger charge is 2.29. The molecule has 0 N–H and O–H groups in total. The lowest BCUT2D eigenvalue weighted by atomic mass is 10.3. The number of anilines is 1. The Morgan fingerprint density at radius 3 is 2.80 bits per heavy atom. The lowest BCUT2D eigenvalue weighted by Gasteiger charge is -2.18. The molecule has 7 heteroatoms. The van der Waals surface area contributed by atoms with Crippen molar-refractivity contribution in [3.63, 3.8) is 0 Å². The van der Waals surface area contributed by atoms with Gasteiger partial charge in [-0.2, -0.15) is 0 Å². The van der Waals surface area contributed by atoms with Gasteiger partial charge in [0, 0.05) is 38.3 Å². The molecule has 25 heavy (non-hydrogen) atoms. The Balaban J connectivity index is 1.38. The average molecular weight is 339 g/mol. The largest absolute Gasteiger partial charge is 0.472 e. The minimum atomic E-state index is -0.0489. The lowest BCUT2D eigenvalue weighted by Crippen LogP contribution is -2.31. The van der Waals surface area contributed by atoms with Crippen LogP contribution in [-0.4, -0.2) is 58.0 Å². The predicted octanol–water partition coefficient (Wildman–Crippen LogP) is 1.77. The van der Waals surface area contributed by atoms with Crippen LogP contribution in [0.15, 0.2) is 36.8 Å². The van der Waals surface area contributed by atoms with Crippen molar-refractivity contribution >= 4 is 11.7 Å². The maximum absolute atomic E-state index is 12.4. The molecule has 2 aliphatic heterocycles. The first-order valence-corrected chi connectivity index (χ1v) is 8.73. The molecule has 2 saturated heterocycles. The maximum Gasteiger partial charge on any atom is 0.272 e. The number of hydrogen-bond acceptors (Lipinski definition) is 6. The van der Waals surface area contributed by atoms with Crippen molar-refractivity contribution in [3.05, 3.63) is 42.5 Å². The van der Waals surface area contributed by atoms with Crippen molar-refractivity contribution in [1.82, 2.24) is 19.9 Å². The Kier molecular flexibility index (Phi) is 4.45. The van der Waals surface area contributed by atoms with Gasteiger partial charge in [0.1, 0.15) is 23.9 Å². The molecule has 2 aliphatic rings. The Morgan fingerprint density at radius 2 is 2.00 bits per heavy atom. The molecule has 4 rings (SSSR count). The molecule has 0 unspecified atom stereocenters. The number of pyridine rings is 1. The van der Waals surface area contributed by atoms with Gasteiger partial charge in [-0.1, -0.05) is 6.07 Å². The van der Waals surface area contributed by atoms with Crippen molar-refractivity contribution in [2.45, 2.75) is 25.4 Å². The molecule has 0 aromatic carbocycles. The smallest absolute Gasteiger partial charge is 0.272 e. The van der Waals surface area contributed by atoms with E-state index >= 15 is 0 Å². The molecule has 4 heterocycles. The third-order valence-corrected chi connectivity index (χ3v) is 4.66. The number of nitrogens with zero attached hydrogens (tertiary/aromatic N) is 5. The minimum Gasteiger partial charge on any atom is -0.472 e. The second kappa shape index (κ2) is 7.04. The Bertz CT molecular complexity index is 733. The molecular formula is C18H21N5O2. The summed E-state index contributed by atoms with van der Waals surface area (Å²) in [6, 6.07) is 7.27. The summed E-state index contributed by atoms with van der Waals surface area (Å²) in [5, 5.41) is 0. The van der Waals surface area contributed by atoms with Gasteiger partial charge in [-0.05, 0) is 25.0 Å². The molecule has 2 fully saturated rings. The summed E-state index contributed by atoms with van der Waals surface area (Å²) in [4.78, 5) is 29.2. The van der Waals surface area contributed by atoms with Crippen LogP contribution in [0, 0.1) is 0 Å². The van der Waals surface area contributed by atoms with Crippen molar-refractivity contribution in [2.24, 2.45) is 0 Å². The molecule has 1 amide bonds. The van der Waals surface area contributed by atoms with Crippen LogP contribution < -0.4 is 9.64 Å². The molecule has 0 bridgehead atoms. The summed E-state index contributed by atoms with van der Waals surface area (Å²) in [7, 11) is 0. The fourth-order valence-corrected chi connectivity index (χ4v) is 3.34. The van der Waals surface area contributed by atoms with Crippen LogP contribution in [0.1, 0.15) is 29.8 Å². The predicted molar refractivity (Wildman–Crippen MR) is 92.7 cm³/mol. The second-order valence-electron chi connectivity index (χ2n) is 6.40. The van der Waals surface area contributed by atoms with E-state index in [0.717, 1.165) is 25.3 Å². The molecule has 0 saturated carbocycles. The molecule has 0 radical (unpaired) electrons. The van der Waals surface area contributed by atoms with Crippen LogP contribution in [0.4, 0.5) is 5.82 Å².